The van der Waals surface area contributed by atoms with Gasteiger partial charge in [-0.1, -0.05) is 30.3 Å². The molecule has 0 saturated heterocycles. The van der Waals surface area contributed by atoms with Gasteiger partial charge in [0.15, 0.2) is 17.3 Å². The van der Waals surface area contributed by atoms with E-state index in [2.05, 4.69) is 25.4 Å². The number of nitrogens with zero attached hydrogens (tertiary/aromatic N) is 8. The number of hydrogen-bond donors (Lipinski definition) is 0. The molecule has 3 heterocycles. The summed E-state index contributed by atoms with van der Waals surface area (Å²) in [7, 11) is 0. The molecule has 0 spiro atoms. The van der Waals surface area contributed by atoms with Crippen LogP contribution in [0.3, 0.4) is 0 Å². The van der Waals surface area contributed by atoms with Crippen molar-refractivity contribution in [1.29, 1.82) is 5.26 Å². The Labute approximate surface area is 124 Å². The van der Waals surface area contributed by atoms with E-state index in [1.165, 1.54) is 11.0 Å². The predicted octanol–water partition coefficient (Wildman–Crippen LogP) is 1.24. The maximum absolute atomic E-state index is 8.80. The van der Waals surface area contributed by atoms with Gasteiger partial charge in [0.05, 0.1) is 0 Å². The minimum Gasteiger partial charge on any atom is -0.206 e. The fraction of sp³-hybridized carbons (Fsp3) is 0. The Morgan fingerprint density at radius 3 is 2.59 bits per heavy atom. The molecule has 3 aromatic heterocycles. The first-order valence-electron chi connectivity index (χ1n) is 6.45. The second-order valence-electron chi connectivity index (χ2n) is 4.48. The third-order valence-electron chi connectivity index (χ3n) is 3.11. The van der Waals surface area contributed by atoms with Crippen LogP contribution in [0.4, 0.5) is 0 Å². The lowest BCUT2D eigenvalue weighted by atomic mass is 10.2. The van der Waals surface area contributed by atoms with Crippen LogP contribution in [0.5, 0.6) is 0 Å². The zero-order valence-corrected chi connectivity index (χ0v) is 11.2. The van der Waals surface area contributed by atoms with Gasteiger partial charge in [-0.3, -0.25) is 0 Å². The van der Waals surface area contributed by atoms with Crippen LogP contribution in [-0.4, -0.2) is 34.6 Å². The van der Waals surface area contributed by atoms with Gasteiger partial charge < -0.3 is 0 Å². The second kappa shape index (κ2) is 4.75. The van der Waals surface area contributed by atoms with Crippen molar-refractivity contribution in [2.75, 3.05) is 0 Å². The third-order valence-corrected chi connectivity index (χ3v) is 3.11. The standard InChI is InChI=1S/C14H8N8/c15-8-11-16-9-21(19-11)13-7-6-12-17-18-14(22(12)20-13)10-4-2-1-3-5-10/h1-7,9H. The molecule has 0 aliphatic carbocycles. The Bertz CT molecular complexity index is 993. The van der Waals surface area contributed by atoms with Crippen LogP contribution < -0.4 is 0 Å². The van der Waals surface area contributed by atoms with E-state index in [0.717, 1.165) is 5.56 Å². The number of rotatable bonds is 2. The van der Waals surface area contributed by atoms with Crippen LogP contribution in [0.1, 0.15) is 5.82 Å². The van der Waals surface area contributed by atoms with Crippen molar-refractivity contribution in [2.45, 2.75) is 0 Å². The summed E-state index contributed by atoms with van der Waals surface area (Å²) in [5.41, 5.74) is 1.54. The first-order valence-corrected chi connectivity index (χ1v) is 6.45. The third kappa shape index (κ3) is 1.89. The van der Waals surface area contributed by atoms with Gasteiger partial charge in [-0.2, -0.15) is 14.5 Å². The SMILES string of the molecule is N#Cc1ncn(-c2ccc3nnc(-c4ccccc4)n3n2)n1. The van der Waals surface area contributed by atoms with E-state index in [-0.39, 0.29) is 5.82 Å². The van der Waals surface area contributed by atoms with Crippen molar-refractivity contribution in [3.63, 3.8) is 0 Å². The lowest BCUT2D eigenvalue weighted by molar-refractivity contribution is 0.790. The summed E-state index contributed by atoms with van der Waals surface area (Å²) < 4.78 is 3.07. The molecule has 0 fully saturated rings. The molecule has 0 aliphatic rings. The van der Waals surface area contributed by atoms with E-state index in [4.69, 9.17) is 5.26 Å². The van der Waals surface area contributed by atoms with Gasteiger partial charge in [-0.25, -0.2) is 4.98 Å². The largest absolute Gasteiger partial charge is 0.252 e. The van der Waals surface area contributed by atoms with Crippen molar-refractivity contribution in [3.8, 4) is 23.3 Å². The predicted molar refractivity (Wildman–Crippen MR) is 75.9 cm³/mol. The maximum Gasteiger partial charge on any atom is 0.252 e. The van der Waals surface area contributed by atoms with Crippen LogP contribution in [0.25, 0.3) is 22.9 Å². The van der Waals surface area contributed by atoms with Gasteiger partial charge in [0.25, 0.3) is 5.82 Å². The average molecular weight is 288 g/mol. The normalized spacial score (nSPS) is 10.7. The molecule has 0 aliphatic heterocycles. The number of nitriles is 1. The van der Waals surface area contributed by atoms with Crippen molar-refractivity contribution >= 4 is 5.65 Å². The van der Waals surface area contributed by atoms with Crippen molar-refractivity contribution < 1.29 is 0 Å². The zero-order valence-electron chi connectivity index (χ0n) is 11.2. The Balaban J connectivity index is 1.88. The monoisotopic (exact) mass is 288 g/mol. The van der Waals surface area contributed by atoms with Gasteiger partial charge in [-0.05, 0) is 12.1 Å². The summed E-state index contributed by atoms with van der Waals surface area (Å²) >= 11 is 0. The zero-order chi connectivity index (χ0) is 14.9. The molecule has 8 heteroatoms. The van der Waals surface area contributed by atoms with E-state index in [9.17, 15) is 0 Å². The molecular formula is C14H8N8. The molecule has 104 valence electrons. The molecular weight excluding hydrogens is 280 g/mol. The first-order chi connectivity index (χ1) is 10.8. The summed E-state index contributed by atoms with van der Waals surface area (Å²) in [5.74, 6) is 1.26. The fourth-order valence-electron chi connectivity index (χ4n) is 2.09. The van der Waals surface area contributed by atoms with Gasteiger partial charge in [-0.15, -0.1) is 20.4 Å². The van der Waals surface area contributed by atoms with E-state index in [0.29, 0.717) is 17.3 Å². The van der Waals surface area contributed by atoms with Gasteiger partial charge in [0.2, 0.25) is 0 Å². The maximum atomic E-state index is 8.80. The molecule has 1 aromatic carbocycles. The minimum atomic E-state index is 0.0916. The number of benzene rings is 1. The van der Waals surface area contributed by atoms with Crippen LogP contribution in [0, 0.1) is 11.3 Å². The molecule has 0 N–H and O–H groups in total. The van der Waals surface area contributed by atoms with Gasteiger partial charge in [0, 0.05) is 5.56 Å². The van der Waals surface area contributed by atoms with Crippen LogP contribution in [0.15, 0.2) is 48.8 Å². The first kappa shape index (κ1) is 12.2. The number of aromatic nitrogens is 7. The molecule has 8 nitrogen and oxygen atoms in total. The summed E-state index contributed by atoms with van der Waals surface area (Å²) in [6.07, 6.45) is 1.44. The summed E-state index contributed by atoms with van der Waals surface area (Å²) in [4.78, 5) is 3.87. The second-order valence-corrected chi connectivity index (χ2v) is 4.48. The highest BCUT2D eigenvalue weighted by molar-refractivity contribution is 5.58. The lowest BCUT2D eigenvalue weighted by Crippen LogP contribution is -2.04. The molecule has 0 atom stereocenters. The average Bonchev–Trinajstić information content (AvgIpc) is 3.22. The number of fused-ring (bicyclic) bond motifs is 1. The van der Waals surface area contributed by atoms with Crippen LogP contribution >= 0.6 is 0 Å². The fourth-order valence-corrected chi connectivity index (χ4v) is 2.09. The number of hydrogen-bond acceptors (Lipinski definition) is 6. The molecule has 0 bridgehead atoms. The van der Waals surface area contributed by atoms with Crippen molar-refractivity contribution in [3.05, 3.63) is 54.6 Å². The van der Waals surface area contributed by atoms with Crippen LogP contribution in [0.2, 0.25) is 0 Å². The molecule has 0 amide bonds. The van der Waals surface area contributed by atoms with Crippen molar-refractivity contribution in [1.82, 2.24) is 34.6 Å². The van der Waals surface area contributed by atoms with E-state index in [1.807, 2.05) is 36.4 Å². The van der Waals surface area contributed by atoms with Crippen LogP contribution in [-0.2, 0) is 0 Å². The Morgan fingerprint density at radius 2 is 1.82 bits per heavy atom. The van der Waals surface area contributed by atoms with E-state index in [1.54, 1.807) is 16.6 Å². The summed E-state index contributed by atoms with van der Waals surface area (Å²) in [6.45, 7) is 0. The molecule has 0 saturated carbocycles. The van der Waals surface area contributed by atoms with E-state index < -0.39 is 0 Å². The van der Waals surface area contributed by atoms with Gasteiger partial charge in [0.1, 0.15) is 12.4 Å². The molecule has 0 radical (unpaired) electrons. The summed E-state index contributed by atoms with van der Waals surface area (Å²) in [5, 5.41) is 25.6. The van der Waals surface area contributed by atoms with Crippen molar-refractivity contribution in [2.24, 2.45) is 0 Å². The Kier molecular flexibility index (Phi) is 2.62. The lowest BCUT2D eigenvalue weighted by Gasteiger charge is -2.02. The quantitative estimate of drug-likeness (QED) is 0.550. The van der Waals surface area contributed by atoms with E-state index >= 15 is 0 Å². The topological polar surface area (TPSA) is 97.6 Å². The minimum absolute atomic E-state index is 0.0916. The molecule has 22 heavy (non-hydrogen) atoms. The highest BCUT2D eigenvalue weighted by atomic mass is 15.4. The molecule has 0 unspecified atom stereocenters. The highest BCUT2D eigenvalue weighted by Crippen LogP contribution is 2.17. The summed E-state index contributed by atoms with van der Waals surface area (Å²) in [6, 6.07) is 15.1. The Morgan fingerprint density at radius 1 is 0.955 bits per heavy atom. The molecule has 4 rings (SSSR count). The van der Waals surface area contributed by atoms with Gasteiger partial charge >= 0.3 is 0 Å². The Hall–Kier alpha value is -3.60. The molecule has 4 aromatic rings. The highest BCUT2D eigenvalue weighted by Gasteiger charge is 2.11. The smallest absolute Gasteiger partial charge is 0.206 e.